The van der Waals surface area contributed by atoms with Crippen molar-refractivity contribution in [2.75, 3.05) is 26.4 Å². The molecule has 0 saturated heterocycles. The fraction of sp³-hybridized carbons (Fsp3) is 0.615. The van der Waals surface area contributed by atoms with Crippen LogP contribution >= 0.6 is 0 Å². The molecule has 0 amide bonds. The zero-order chi connectivity index (χ0) is 28.3. The molecule has 0 fully saturated rings. The van der Waals surface area contributed by atoms with Gasteiger partial charge < -0.3 is 38.9 Å². The topological polar surface area (TPSA) is 159 Å². The van der Waals surface area contributed by atoms with Gasteiger partial charge in [0.2, 0.25) is 0 Å². The van der Waals surface area contributed by atoms with Gasteiger partial charge in [-0.05, 0) is 50.3 Å². The van der Waals surface area contributed by atoms with Gasteiger partial charge in [0.05, 0.1) is 19.8 Å². The Balaban J connectivity index is 2.73. The first kappa shape index (κ1) is 32.5. The summed E-state index contributed by atoms with van der Waals surface area (Å²) in [6.45, 7) is 7.60. The Morgan fingerprint density at radius 2 is 1.37 bits per heavy atom. The molecule has 0 radical (unpaired) electrons. The van der Waals surface area contributed by atoms with Gasteiger partial charge in [0.25, 0.3) is 0 Å². The first-order chi connectivity index (χ1) is 18.2. The number of rotatable bonds is 16. The first-order valence-electron chi connectivity index (χ1n) is 12.8. The molecule has 12 nitrogen and oxygen atoms in total. The lowest BCUT2D eigenvalue weighted by Crippen LogP contribution is -2.37. The van der Waals surface area contributed by atoms with E-state index in [1.54, 1.807) is 13.0 Å². The van der Waals surface area contributed by atoms with Crippen molar-refractivity contribution in [3.05, 3.63) is 23.8 Å². The van der Waals surface area contributed by atoms with E-state index in [0.717, 1.165) is 19.3 Å². The van der Waals surface area contributed by atoms with Crippen molar-refractivity contribution in [1.29, 1.82) is 0 Å². The molecule has 0 saturated carbocycles. The van der Waals surface area contributed by atoms with Gasteiger partial charge in [0, 0.05) is 0 Å². The predicted octanol–water partition coefficient (Wildman–Crippen LogP) is 4.68. The van der Waals surface area contributed by atoms with E-state index < -0.39 is 36.6 Å². The summed E-state index contributed by atoms with van der Waals surface area (Å²) in [6.07, 6.45) is 0.331. The second kappa shape index (κ2) is 18.7. The summed E-state index contributed by atoms with van der Waals surface area (Å²) < 4.78 is 35.2. The third kappa shape index (κ3) is 13.7. The number of esters is 1. The molecule has 1 aromatic carbocycles. The average Bonchev–Trinajstić information content (AvgIpc) is 2.88. The molecular weight excluding hydrogens is 502 g/mol. The maximum atomic E-state index is 12.4. The lowest BCUT2D eigenvalue weighted by atomic mass is 10.1. The van der Waals surface area contributed by atoms with Crippen LogP contribution in [0.3, 0.4) is 0 Å². The minimum absolute atomic E-state index is 0.00676. The van der Waals surface area contributed by atoms with Gasteiger partial charge >= 0.3 is 24.4 Å². The number of nitrogens with two attached hydrogens (primary N) is 1. The van der Waals surface area contributed by atoms with E-state index in [0.29, 0.717) is 18.4 Å². The average molecular weight is 542 g/mol. The standard InChI is InChI=1S/C26H39NO11/c1-5-8-9-14-34-24(29)35-17-18(4)36-23(28)20(27)15-19-10-11-21(37-25(30)32-12-6-2)22(16-19)38-26(31)33-13-7-3/h10-11,16,18,20H,5-9,12-15,17,27H2,1-4H3/t18-,20-/m0/s1. The van der Waals surface area contributed by atoms with Crippen LogP contribution in [0.15, 0.2) is 18.2 Å². The fourth-order valence-corrected chi connectivity index (χ4v) is 2.84. The SMILES string of the molecule is CCCCCOC(=O)OC[C@H](C)OC(=O)[C@@H](N)Cc1ccc(OC(=O)OCCC)c(OC(=O)OCCC)c1. The minimum Gasteiger partial charge on any atom is -0.458 e. The highest BCUT2D eigenvalue weighted by molar-refractivity contribution is 5.76. The predicted molar refractivity (Wildman–Crippen MR) is 135 cm³/mol. The van der Waals surface area contributed by atoms with Crippen LogP contribution in [0.25, 0.3) is 0 Å². The van der Waals surface area contributed by atoms with Crippen LogP contribution in [0.1, 0.15) is 65.4 Å². The van der Waals surface area contributed by atoms with Crippen LogP contribution in [-0.2, 0) is 34.9 Å². The third-order valence-corrected chi connectivity index (χ3v) is 4.72. The Bertz CT molecular complexity index is 890. The van der Waals surface area contributed by atoms with Gasteiger partial charge in [-0.25, -0.2) is 14.4 Å². The van der Waals surface area contributed by atoms with E-state index in [1.807, 2.05) is 20.8 Å². The molecule has 0 aromatic heterocycles. The monoisotopic (exact) mass is 541 g/mol. The third-order valence-electron chi connectivity index (χ3n) is 4.72. The van der Waals surface area contributed by atoms with E-state index in [2.05, 4.69) is 0 Å². The molecular formula is C26H39NO11. The minimum atomic E-state index is -1.08. The van der Waals surface area contributed by atoms with Crippen LogP contribution in [-0.4, -0.2) is 63.0 Å². The number of hydrogen-bond donors (Lipinski definition) is 1. The Kier molecular flexibility index (Phi) is 16.0. The molecule has 2 atom stereocenters. The lowest BCUT2D eigenvalue weighted by molar-refractivity contribution is -0.152. The van der Waals surface area contributed by atoms with E-state index >= 15 is 0 Å². The Morgan fingerprint density at radius 1 is 0.763 bits per heavy atom. The molecule has 0 bridgehead atoms. The normalized spacial score (nSPS) is 12.0. The molecule has 1 rings (SSSR count). The maximum Gasteiger partial charge on any atom is 0.513 e. The molecule has 0 spiro atoms. The Hall–Kier alpha value is -3.54. The van der Waals surface area contributed by atoms with Crippen molar-refractivity contribution in [1.82, 2.24) is 0 Å². The van der Waals surface area contributed by atoms with Crippen molar-refractivity contribution in [3.63, 3.8) is 0 Å². The molecule has 0 aliphatic rings. The van der Waals surface area contributed by atoms with Gasteiger partial charge in [-0.15, -0.1) is 0 Å². The van der Waals surface area contributed by atoms with E-state index in [1.165, 1.54) is 12.1 Å². The Morgan fingerprint density at radius 3 is 1.97 bits per heavy atom. The largest absolute Gasteiger partial charge is 0.513 e. The van der Waals surface area contributed by atoms with Crippen molar-refractivity contribution < 1.29 is 52.3 Å². The fourth-order valence-electron chi connectivity index (χ4n) is 2.84. The molecule has 38 heavy (non-hydrogen) atoms. The van der Waals surface area contributed by atoms with Crippen LogP contribution < -0.4 is 15.2 Å². The van der Waals surface area contributed by atoms with Gasteiger partial charge in [-0.3, -0.25) is 4.79 Å². The number of ether oxygens (including phenoxy) is 7. The number of carbonyl (C=O) groups is 4. The van der Waals surface area contributed by atoms with E-state index in [-0.39, 0.29) is 44.3 Å². The highest BCUT2D eigenvalue weighted by Crippen LogP contribution is 2.30. The molecule has 1 aromatic rings. The quantitative estimate of drug-likeness (QED) is 0.133. The zero-order valence-electron chi connectivity index (χ0n) is 22.5. The van der Waals surface area contributed by atoms with Gasteiger partial charge in [-0.1, -0.05) is 39.7 Å². The molecule has 2 N–H and O–H groups in total. The second-order valence-corrected chi connectivity index (χ2v) is 8.36. The molecule has 0 heterocycles. The lowest BCUT2D eigenvalue weighted by Gasteiger charge is -2.17. The van der Waals surface area contributed by atoms with Gasteiger partial charge in [0.15, 0.2) is 11.5 Å². The van der Waals surface area contributed by atoms with Crippen molar-refractivity contribution >= 4 is 24.4 Å². The van der Waals surface area contributed by atoms with Gasteiger partial charge in [0.1, 0.15) is 18.8 Å². The van der Waals surface area contributed by atoms with Crippen LogP contribution in [0.5, 0.6) is 11.5 Å². The summed E-state index contributed by atoms with van der Waals surface area (Å²) in [4.78, 5) is 47.9. The smallest absolute Gasteiger partial charge is 0.458 e. The van der Waals surface area contributed by atoms with Crippen molar-refractivity contribution in [3.8, 4) is 11.5 Å². The molecule has 214 valence electrons. The molecule has 0 aliphatic heterocycles. The summed E-state index contributed by atoms with van der Waals surface area (Å²) in [5.74, 6) is -0.922. The summed E-state index contributed by atoms with van der Waals surface area (Å²) in [5.41, 5.74) is 6.48. The zero-order valence-corrected chi connectivity index (χ0v) is 22.5. The van der Waals surface area contributed by atoms with E-state index in [9.17, 15) is 19.2 Å². The first-order valence-corrected chi connectivity index (χ1v) is 12.8. The second-order valence-electron chi connectivity index (χ2n) is 8.36. The maximum absolute atomic E-state index is 12.4. The number of carbonyl (C=O) groups excluding carboxylic acids is 4. The molecule has 12 heteroatoms. The molecule has 0 aliphatic carbocycles. The van der Waals surface area contributed by atoms with Crippen LogP contribution in [0, 0.1) is 0 Å². The summed E-state index contributed by atoms with van der Waals surface area (Å²) in [7, 11) is 0. The highest BCUT2D eigenvalue weighted by atomic mass is 16.7. The summed E-state index contributed by atoms with van der Waals surface area (Å²) in [5, 5.41) is 0. The van der Waals surface area contributed by atoms with E-state index in [4.69, 9.17) is 38.9 Å². The summed E-state index contributed by atoms with van der Waals surface area (Å²) in [6, 6.07) is 3.23. The van der Waals surface area contributed by atoms with Crippen molar-refractivity contribution in [2.45, 2.75) is 78.4 Å². The van der Waals surface area contributed by atoms with Crippen LogP contribution in [0.4, 0.5) is 14.4 Å². The van der Waals surface area contributed by atoms with Gasteiger partial charge in [-0.2, -0.15) is 0 Å². The summed E-state index contributed by atoms with van der Waals surface area (Å²) >= 11 is 0. The highest BCUT2D eigenvalue weighted by Gasteiger charge is 2.22. The number of benzene rings is 1. The molecule has 0 unspecified atom stereocenters. The van der Waals surface area contributed by atoms with Crippen LogP contribution in [0.2, 0.25) is 0 Å². The van der Waals surface area contributed by atoms with Crippen molar-refractivity contribution in [2.24, 2.45) is 5.73 Å². The Labute approximate surface area is 223 Å². The number of hydrogen-bond acceptors (Lipinski definition) is 12. The number of unbranched alkanes of at least 4 members (excludes halogenated alkanes) is 2.